The first-order valence-electron chi connectivity index (χ1n) is 8.75. The number of carbonyl (C=O) groups excluding carboxylic acids is 1. The molecule has 0 aliphatic heterocycles. The maximum atomic E-state index is 13.2. The fourth-order valence-corrected chi connectivity index (χ4v) is 3.05. The second-order valence-corrected chi connectivity index (χ2v) is 8.75. The third-order valence-electron chi connectivity index (χ3n) is 4.86. The summed E-state index contributed by atoms with van der Waals surface area (Å²) in [6.45, 7) is 12.5. The molecule has 1 atom stereocenters. The van der Waals surface area contributed by atoms with Crippen LogP contribution in [0, 0.1) is 5.41 Å². The van der Waals surface area contributed by atoms with E-state index in [1.807, 2.05) is 20.8 Å². The molecule has 2 heteroatoms. The van der Waals surface area contributed by atoms with Gasteiger partial charge in [0.05, 0.1) is 6.04 Å². The van der Waals surface area contributed by atoms with E-state index >= 15 is 0 Å². The van der Waals surface area contributed by atoms with Gasteiger partial charge in [-0.15, -0.1) is 0 Å². The lowest BCUT2D eigenvalue weighted by Gasteiger charge is -2.40. The number of nitrogens with zero attached hydrogens (tertiary/aromatic N) is 1. The molecule has 0 fully saturated rings. The van der Waals surface area contributed by atoms with Crippen molar-refractivity contribution in [2.45, 2.75) is 59.5 Å². The van der Waals surface area contributed by atoms with Crippen molar-refractivity contribution in [2.24, 2.45) is 5.41 Å². The topological polar surface area (TPSA) is 20.3 Å². The number of benzene rings is 2. The van der Waals surface area contributed by atoms with Crippen LogP contribution in [-0.2, 0) is 11.2 Å². The second-order valence-electron chi connectivity index (χ2n) is 8.75. The van der Waals surface area contributed by atoms with E-state index < -0.39 is 0 Å². The summed E-state index contributed by atoms with van der Waals surface area (Å²) < 4.78 is 0. The predicted molar refractivity (Wildman–Crippen MR) is 103 cm³/mol. The second kappa shape index (κ2) is 6.68. The van der Waals surface area contributed by atoms with Crippen LogP contribution in [-0.4, -0.2) is 29.3 Å². The molecule has 2 aromatic carbocycles. The van der Waals surface area contributed by atoms with Crippen molar-refractivity contribution in [3.05, 3.63) is 48.0 Å². The van der Waals surface area contributed by atoms with Crippen LogP contribution in [0.3, 0.4) is 0 Å². The van der Waals surface area contributed by atoms with Crippen molar-refractivity contribution in [2.75, 3.05) is 7.05 Å². The van der Waals surface area contributed by atoms with E-state index in [4.69, 9.17) is 0 Å². The Morgan fingerprint density at radius 1 is 0.958 bits per heavy atom. The van der Waals surface area contributed by atoms with Crippen molar-refractivity contribution < 1.29 is 4.79 Å². The lowest BCUT2D eigenvalue weighted by Crippen LogP contribution is -2.52. The Hall–Kier alpha value is -1.67. The molecule has 0 unspecified atom stereocenters. The average molecular weight is 325 g/mol. The summed E-state index contributed by atoms with van der Waals surface area (Å²) in [6.07, 6.45) is 0.741. The van der Waals surface area contributed by atoms with E-state index in [1.165, 1.54) is 16.3 Å². The number of fused-ring (bicyclic) bond motifs is 1. The van der Waals surface area contributed by atoms with Crippen LogP contribution in [0.2, 0.25) is 0 Å². The summed E-state index contributed by atoms with van der Waals surface area (Å²) in [5.74, 6) is 0.299. The average Bonchev–Trinajstić information content (AvgIpc) is 2.49. The highest BCUT2D eigenvalue weighted by molar-refractivity contribution is 5.91. The molecule has 0 aliphatic carbocycles. The molecule has 0 saturated heterocycles. The molecule has 0 saturated carbocycles. The molecule has 2 nitrogen and oxygen atoms in total. The molecule has 0 heterocycles. The lowest BCUT2D eigenvalue weighted by molar-refractivity contribution is -0.133. The standard InChI is InChI=1S/C22H31NO/c1-21(2,3)20(24)19(23(7)22(4,5)6)15-17-13-10-12-16-11-8-9-14-18(16)17/h8-14,19H,15H2,1-7H3/t19-/m1/s1. The molecule has 0 radical (unpaired) electrons. The van der Waals surface area contributed by atoms with Crippen molar-refractivity contribution in [3.8, 4) is 0 Å². The Morgan fingerprint density at radius 2 is 1.54 bits per heavy atom. The van der Waals surface area contributed by atoms with E-state index in [1.54, 1.807) is 0 Å². The largest absolute Gasteiger partial charge is 0.297 e. The molecule has 0 spiro atoms. The Bertz CT molecular complexity index is 713. The molecule has 2 rings (SSSR count). The zero-order chi connectivity index (χ0) is 18.1. The van der Waals surface area contributed by atoms with Crippen LogP contribution in [0.15, 0.2) is 42.5 Å². The normalized spacial score (nSPS) is 14.2. The Labute approximate surface area is 146 Å². The first-order chi connectivity index (χ1) is 11.0. The van der Waals surface area contributed by atoms with Gasteiger partial charge >= 0.3 is 0 Å². The zero-order valence-corrected chi connectivity index (χ0v) is 16.2. The fourth-order valence-electron chi connectivity index (χ4n) is 3.05. The summed E-state index contributed by atoms with van der Waals surface area (Å²) >= 11 is 0. The van der Waals surface area contributed by atoms with Gasteiger partial charge in [-0.1, -0.05) is 63.2 Å². The minimum atomic E-state index is -0.352. The van der Waals surface area contributed by atoms with Crippen molar-refractivity contribution in [1.82, 2.24) is 4.90 Å². The fraction of sp³-hybridized carbons (Fsp3) is 0.500. The van der Waals surface area contributed by atoms with Crippen LogP contribution >= 0.6 is 0 Å². The van der Waals surface area contributed by atoms with Crippen molar-refractivity contribution in [3.63, 3.8) is 0 Å². The number of rotatable bonds is 4. The van der Waals surface area contributed by atoms with Gasteiger partial charge in [0.25, 0.3) is 0 Å². The Morgan fingerprint density at radius 3 is 2.12 bits per heavy atom. The minimum absolute atomic E-state index is 0.0594. The first kappa shape index (κ1) is 18.7. The van der Waals surface area contributed by atoms with E-state index in [9.17, 15) is 4.79 Å². The summed E-state index contributed by atoms with van der Waals surface area (Å²) in [5.41, 5.74) is 0.831. The van der Waals surface area contributed by atoms with Crippen LogP contribution < -0.4 is 0 Å². The summed E-state index contributed by atoms with van der Waals surface area (Å²) in [5, 5.41) is 2.48. The van der Waals surface area contributed by atoms with Gasteiger partial charge in [0, 0.05) is 11.0 Å². The zero-order valence-electron chi connectivity index (χ0n) is 16.2. The van der Waals surface area contributed by atoms with Crippen LogP contribution in [0.5, 0.6) is 0 Å². The van der Waals surface area contributed by atoms with Gasteiger partial charge < -0.3 is 0 Å². The molecule has 0 aromatic heterocycles. The molecule has 2 aromatic rings. The predicted octanol–water partition coefficient (Wildman–Crippen LogP) is 5.10. The quantitative estimate of drug-likeness (QED) is 0.780. The number of carbonyl (C=O) groups is 1. The number of Topliss-reactive ketones (excluding diaryl/α,β-unsaturated/α-hetero) is 1. The SMILES string of the molecule is CN([C@H](Cc1cccc2ccccc12)C(=O)C(C)(C)C)C(C)(C)C. The number of hydrogen-bond donors (Lipinski definition) is 0. The van der Waals surface area contributed by atoms with E-state index in [0.29, 0.717) is 5.78 Å². The van der Waals surface area contributed by atoms with Crippen LogP contribution in [0.25, 0.3) is 10.8 Å². The molecule has 24 heavy (non-hydrogen) atoms. The molecule has 0 N–H and O–H groups in total. The van der Waals surface area contributed by atoms with Crippen molar-refractivity contribution >= 4 is 16.6 Å². The smallest absolute Gasteiger partial charge is 0.155 e. The van der Waals surface area contributed by atoms with Crippen LogP contribution in [0.1, 0.15) is 47.1 Å². The number of ketones is 1. The summed E-state index contributed by atoms with van der Waals surface area (Å²) in [4.78, 5) is 15.4. The van der Waals surface area contributed by atoms with E-state index in [-0.39, 0.29) is 17.0 Å². The summed E-state index contributed by atoms with van der Waals surface area (Å²) in [7, 11) is 2.07. The van der Waals surface area contributed by atoms with Gasteiger partial charge in [-0.3, -0.25) is 9.69 Å². The summed E-state index contributed by atoms with van der Waals surface area (Å²) in [6, 6.07) is 14.7. The highest BCUT2D eigenvalue weighted by atomic mass is 16.1. The lowest BCUT2D eigenvalue weighted by atomic mass is 9.82. The highest BCUT2D eigenvalue weighted by Gasteiger charge is 2.36. The van der Waals surface area contributed by atoms with Gasteiger partial charge in [0.15, 0.2) is 5.78 Å². The minimum Gasteiger partial charge on any atom is -0.297 e. The van der Waals surface area contributed by atoms with E-state index in [0.717, 1.165) is 6.42 Å². The number of hydrogen-bond acceptors (Lipinski definition) is 2. The van der Waals surface area contributed by atoms with E-state index in [2.05, 4.69) is 75.2 Å². The molecular formula is C22H31NO. The van der Waals surface area contributed by atoms with Gasteiger partial charge in [-0.05, 0) is 50.6 Å². The highest BCUT2D eigenvalue weighted by Crippen LogP contribution is 2.28. The third-order valence-corrected chi connectivity index (χ3v) is 4.86. The Kier molecular flexibility index (Phi) is 5.19. The third kappa shape index (κ3) is 4.05. The van der Waals surface area contributed by atoms with Gasteiger partial charge in [-0.2, -0.15) is 0 Å². The van der Waals surface area contributed by atoms with Gasteiger partial charge in [0.2, 0.25) is 0 Å². The van der Waals surface area contributed by atoms with Crippen LogP contribution in [0.4, 0.5) is 0 Å². The monoisotopic (exact) mass is 325 g/mol. The van der Waals surface area contributed by atoms with Gasteiger partial charge in [-0.25, -0.2) is 0 Å². The molecule has 0 amide bonds. The van der Waals surface area contributed by atoms with Gasteiger partial charge in [0.1, 0.15) is 0 Å². The number of likely N-dealkylation sites (N-methyl/N-ethyl adjacent to an activating group) is 1. The maximum Gasteiger partial charge on any atom is 0.155 e. The maximum absolute atomic E-state index is 13.2. The van der Waals surface area contributed by atoms with Crippen molar-refractivity contribution in [1.29, 1.82) is 0 Å². The first-order valence-corrected chi connectivity index (χ1v) is 8.75. The Balaban J connectivity index is 2.46. The molecule has 0 bridgehead atoms. The molecule has 0 aliphatic rings. The molecule has 130 valence electrons. The molecular weight excluding hydrogens is 294 g/mol.